The second kappa shape index (κ2) is 10.8. The van der Waals surface area contributed by atoms with Crippen LogP contribution >= 0.6 is 24.0 Å². The molecule has 1 aliphatic heterocycles. The summed E-state index contributed by atoms with van der Waals surface area (Å²) >= 11 is 0. The molecule has 2 N–H and O–H groups in total. The topological polar surface area (TPSA) is 48.9 Å². The lowest BCUT2D eigenvalue weighted by Crippen LogP contribution is -2.40. The zero-order valence-corrected chi connectivity index (χ0v) is 17.3. The summed E-state index contributed by atoms with van der Waals surface area (Å²) in [7, 11) is 3.29. The molecule has 1 saturated heterocycles. The molecule has 0 aliphatic carbocycles. The van der Waals surface area contributed by atoms with Crippen LogP contribution in [0.3, 0.4) is 0 Å². The molecule has 0 spiro atoms. The van der Waals surface area contributed by atoms with Crippen LogP contribution in [-0.2, 0) is 6.54 Å². The van der Waals surface area contributed by atoms with E-state index < -0.39 is 12.7 Å². The van der Waals surface area contributed by atoms with E-state index in [9.17, 15) is 13.2 Å². The van der Waals surface area contributed by atoms with E-state index in [4.69, 9.17) is 4.74 Å². The van der Waals surface area contributed by atoms with E-state index >= 15 is 0 Å². The fourth-order valence-corrected chi connectivity index (χ4v) is 2.91. The molecule has 1 fully saturated rings. The highest BCUT2D eigenvalue weighted by molar-refractivity contribution is 14.0. The number of likely N-dealkylation sites (tertiary alicyclic amines) is 1. The Morgan fingerprint density at radius 3 is 2.77 bits per heavy atom. The van der Waals surface area contributed by atoms with Crippen molar-refractivity contribution in [2.45, 2.75) is 19.1 Å². The SMILES string of the molecule is CN=C(NCc1cccc(OC)c1)NCC1CCN(CC(F)(F)F)C1.I. The molecule has 1 aliphatic rings. The van der Waals surface area contributed by atoms with Crippen LogP contribution in [0.1, 0.15) is 12.0 Å². The van der Waals surface area contributed by atoms with Gasteiger partial charge in [-0.3, -0.25) is 9.89 Å². The van der Waals surface area contributed by atoms with Gasteiger partial charge in [0.2, 0.25) is 0 Å². The van der Waals surface area contributed by atoms with Gasteiger partial charge in [-0.15, -0.1) is 24.0 Å². The zero-order chi connectivity index (χ0) is 18.3. The number of halogens is 4. The fraction of sp³-hybridized carbons (Fsp3) is 0.588. The Bertz CT molecular complexity index is 583. The molecule has 0 aromatic heterocycles. The highest BCUT2D eigenvalue weighted by Crippen LogP contribution is 2.22. The predicted molar refractivity (Wildman–Crippen MR) is 107 cm³/mol. The molecule has 5 nitrogen and oxygen atoms in total. The molecule has 0 saturated carbocycles. The van der Waals surface area contributed by atoms with E-state index in [0.717, 1.165) is 17.7 Å². The van der Waals surface area contributed by atoms with Gasteiger partial charge in [-0.25, -0.2) is 0 Å². The van der Waals surface area contributed by atoms with E-state index in [2.05, 4.69) is 15.6 Å². The minimum Gasteiger partial charge on any atom is -0.497 e. The lowest BCUT2D eigenvalue weighted by atomic mass is 10.1. The number of rotatable bonds is 6. The van der Waals surface area contributed by atoms with Crippen molar-refractivity contribution in [3.05, 3.63) is 29.8 Å². The molecule has 1 atom stereocenters. The van der Waals surface area contributed by atoms with Gasteiger partial charge >= 0.3 is 6.18 Å². The number of aliphatic imine (C=N–C) groups is 1. The van der Waals surface area contributed by atoms with Crippen LogP contribution in [0.25, 0.3) is 0 Å². The molecule has 0 radical (unpaired) electrons. The summed E-state index contributed by atoms with van der Waals surface area (Å²) < 4.78 is 42.5. The second-order valence-electron chi connectivity index (χ2n) is 6.16. The lowest BCUT2D eigenvalue weighted by Gasteiger charge is -2.18. The van der Waals surface area contributed by atoms with Crippen molar-refractivity contribution in [2.24, 2.45) is 10.9 Å². The summed E-state index contributed by atoms with van der Waals surface area (Å²) in [6.07, 6.45) is -3.37. The Labute approximate surface area is 169 Å². The highest BCUT2D eigenvalue weighted by Gasteiger charge is 2.34. The van der Waals surface area contributed by atoms with Crippen LogP contribution in [0, 0.1) is 5.92 Å². The quantitative estimate of drug-likeness (QED) is 0.369. The van der Waals surface area contributed by atoms with Crippen LogP contribution in [0.15, 0.2) is 29.3 Å². The first-order valence-corrected chi connectivity index (χ1v) is 8.26. The number of methoxy groups -OCH3 is 1. The van der Waals surface area contributed by atoms with Crippen molar-refractivity contribution in [3.63, 3.8) is 0 Å². The average Bonchev–Trinajstić information content (AvgIpc) is 3.00. The first kappa shape index (κ1) is 22.8. The van der Waals surface area contributed by atoms with E-state index in [-0.39, 0.29) is 29.9 Å². The second-order valence-corrected chi connectivity index (χ2v) is 6.16. The highest BCUT2D eigenvalue weighted by atomic mass is 127. The maximum absolute atomic E-state index is 12.4. The summed E-state index contributed by atoms with van der Waals surface area (Å²) in [6, 6.07) is 7.71. The standard InChI is InChI=1S/C17H25F3N4O.HI/c1-21-16(22-9-13-4-3-5-15(8-13)25-2)23-10-14-6-7-24(11-14)12-17(18,19)20;/h3-5,8,14H,6-7,9-12H2,1-2H3,(H2,21,22,23);1H. The van der Waals surface area contributed by atoms with Crippen molar-refractivity contribution in [2.75, 3.05) is 40.3 Å². The first-order chi connectivity index (χ1) is 11.9. The number of hydrogen-bond donors (Lipinski definition) is 2. The Morgan fingerprint density at radius 2 is 2.12 bits per heavy atom. The largest absolute Gasteiger partial charge is 0.497 e. The Hall–Kier alpha value is -1.23. The van der Waals surface area contributed by atoms with Gasteiger partial charge in [-0.2, -0.15) is 13.2 Å². The van der Waals surface area contributed by atoms with Gasteiger partial charge in [-0.1, -0.05) is 12.1 Å². The number of nitrogens with zero attached hydrogens (tertiary/aromatic N) is 2. The third kappa shape index (κ3) is 7.98. The smallest absolute Gasteiger partial charge is 0.401 e. The van der Waals surface area contributed by atoms with E-state index in [0.29, 0.717) is 32.1 Å². The summed E-state index contributed by atoms with van der Waals surface area (Å²) in [5, 5.41) is 6.39. The van der Waals surface area contributed by atoms with Gasteiger partial charge in [-0.05, 0) is 36.6 Å². The van der Waals surface area contributed by atoms with Gasteiger partial charge < -0.3 is 15.4 Å². The maximum Gasteiger partial charge on any atom is 0.401 e. The summed E-state index contributed by atoms with van der Waals surface area (Å²) in [5.41, 5.74) is 1.06. The molecule has 148 valence electrons. The van der Waals surface area contributed by atoms with Gasteiger partial charge in [0.25, 0.3) is 0 Å². The van der Waals surface area contributed by atoms with Crippen molar-refractivity contribution in [1.29, 1.82) is 0 Å². The molecule has 1 unspecified atom stereocenters. The van der Waals surface area contributed by atoms with Crippen molar-refractivity contribution >= 4 is 29.9 Å². The molecule has 26 heavy (non-hydrogen) atoms. The van der Waals surface area contributed by atoms with Gasteiger partial charge in [0.1, 0.15) is 5.75 Å². The number of benzene rings is 1. The van der Waals surface area contributed by atoms with Gasteiger partial charge in [0.15, 0.2) is 5.96 Å². The molecule has 1 heterocycles. The van der Waals surface area contributed by atoms with Crippen molar-refractivity contribution < 1.29 is 17.9 Å². The lowest BCUT2D eigenvalue weighted by molar-refractivity contribution is -0.143. The fourth-order valence-electron chi connectivity index (χ4n) is 2.91. The average molecular weight is 486 g/mol. The molecule has 2 rings (SSSR count). The predicted octanol–water partition coefficient (Wildman–Crippen LogP) is 2.86. The molecule has 0 bridgehead atoms. The summed E-state index contributed by atoms with van der Waals surface area (Å²) in [5.74, 6) is 1.62. The molecular weight excluding hydrogens is 460 g/mol. The Morgan fingerprint density at radius 1 is 1.35 bits per heavy atom. The monoisotopic (exact) mass is 486 g/mol. The number of hydrogen-bond acceptors (Lipinski definition) is 3. The number of alkyl halides is 3. The number of nitrogens with one attached hydrogen (secondary N) is 2. The Balaban J connectivity index is 0.00000338. The van der Waals surface area contributed by atoms with Crippen LogP contribution in [0.2, 0.25) is 0 Å². The first-order valence-electron chi connectivity index (χ1n) is 8.26. The molecule has 1 aromatic rings. The third-order valence-corrected chi connectivity index (χ3v) is 4.15. The van der Waals surface area contributed by atoms with Crippen LogP contribution in [-0.4, -0.2) is 57.4 Å². The maximum atomic E-state index is 12.4. The molecule has 0 amide bonds. The van der Waals surface area contributed by atoms with Crippen LogP contribution < -0.4 is 15.4 Å². The minimum atomic E-state index is -4.13. The zero-order valence-electron chi connectivity index (χ0n) is 15.0. The van der Waals surface area contributed by atoms with Crippen LogP contribution in [0.4, 0.5) is 13.2 Å². The summed E-state index contributed by atoms with van der Waals surface area (Å²) in [4.78, 5) is 5.61. The molecule has 1 aromatic carbocycles. The van der Waals surface area contributed by atoms with E-state index in [1.807, 2.05) is 24.3 Å². The number of guanidine groups is 1. The summed E-state index contributed by atoms with van der Waals surface area (Å²) in [6.45, 7) is 1.31. The third-order valence-electron chi connectivity index (χ3n) is 4.15. The minimum absolute atomic E-state index is 0. The van der Waals surface area contributed by atoms with Crippen molar-refractivity contribution in [3.8, 4) is 5.75 Å². The number of ether oxygens (including phenoxy) is 1. The molecule has 9 heteroatoms. The van der Waals surface area contributed by atoms with Crippen LogP contribution in [0.5, 0.6) is 5.75 Å². The van der Waals surface area contributed by atoms with Gasteiger partial charge in [0, 0.05) is 26.7 Å². The van der Waals surface area contributed by atoms with E-state index in [1.54, 1.807) is 14.2 Å². The van der Waals surface area contributed by atoms with Gasteiger partial charge in [0.05, 0.1) is 13.7 Å². The Kier molecular flexibility index (Phi) is 9.48. The van der Waals surface area contributed by atoms with E-state index in [1.165, 1.54) is 4.90 Å². The molecular formula is C17H26F3IN4O. The normalized spacial score (nSPS) is 18.3. The van der Waals surface area contributed by atoms with Crippen molar-refractivity contribution in [1.82, 2.24) is 15.5 Å².